The van der Waals surface area contributed by atoms with Gasteiger partial charge in [0.1, 0.15) is 0 Å². The van der Waals surface area contributed by atoms with Crippen LogP contribution in [0.4, 0.5) is 0 Å². The molecule has 0 amide bonds. The summed E-state index contributed by atoms with van der Waals surface area (Å²) in [7, 11) is 0. The molecule has 1 atom stereocenters. The lowest BCUT2D eigenvalue weighted by molar-refractivity contribution is -0.151. The van der Waals surface area contributed by atoms with E-state index in [1.807, 2.05) is 13.0 Å². The molecule has 27 heavy (non-hydrogen) atoms. The van der Waals surface area contributed by atoms with Crippen LogP contribution in [0.25, 0.3) is 0 Å². The average molecular weight is 383 g/mol. The Hall–Kier alpha value is -1.32. The maximum atomic E-state index is 11.6. The Morgan fingerprint density at radius 2 is 1.37 bits per heavy atom. The Labute approximate surface area is 166 Å². The van der Waals surface area contributed by atoms with E-state index in [-0.39, 0.29) is 6.42 Å². The number of allylic oxidation sites excluding steroid dienone is 2. The SMILES string of the molecule is CCCCCCCCCCCCC/C=C/CC(CC(=O)OCCC)C(=O)O. The molecule has 0 saturated heterocycles. The van der Waals surface area contributed by atoms with Crippen LogP contribution in [0, 0.1) is 5.92 Å². The summed E-state index contributed by atoms with van der Waals surface area (Å²) in [6, 6.07) is 0. The number of aliphatic carboxylic acids is 1. The van der Waals surface area contributed by atoms with Gasteiger partial charge < -0.3 is 9.84 Å². The Bertz CT molecular complexity index is 390. The van der Waals surface area contributed by atoms with Crippen molar-refractivity contribution >= 4 is 11.9 Å². The molecule has 0 aliphatic rings. The number of esters is 1. The zero-order valence-corrected chi connectivity index (χ0v) is 17.7. The van der Waals surface area contributed by atoms with Crippen LogP contribution in [-0.2, 0) is 14.3 Å². The van der Waals surface area contributed by atoms with Gasteiger partial charge in [0, 0.05) is 0 Å². The molecule has 0 radical (unpaired) electrons. The fraction of sp³-hybridized carbons (Fsp3) is 0.826. The van der Waals surface area contributed by atoms with Gasteiger partial charge in [-0.25, -0.2) is 0 Å². The first-order chi connectivity index (χ1) is 13.1. The minimum atomic E-state index is -0.928. The fourth-order valence-corrected chi connectivity index (χ4v) is 3.05. The number of carbonyl (C=O) groups excluding carboxylic acids is 1. The number of carbonyl (C=O) groups is 2. The van der Waals surface area contributed by atoms with Gasteiger partial charge in [-0.3, -0.25) is 9.59 Å². The van der Waals surface area contributed by atoms with Gasteiger partial charge in [0.25, 0.3) is 0 Å². The number of carboxylic acid groups (broad SMARTS) is 1. The molecule has 158 valence electrons. The van der Waals surface area contributed by atoms with E-state index in [4.69, 9.17) is 4.74 Å². The van der Waals surface area contributed by atoms with Crippen LogP contribution in [0.15, 0.2) is 12.2 Å². The first-order valence-corrected chi connectivity index (χ1v) is 11.1. The van der Waals surface area contributed by atoms with Crippen LogP contribution in [0.1, 0.15) is 110 Å². The standard InChI is InChI=1S/C23H42O4/c1-3-5-6-7-8-9-10-11-12-13-14-15-16-17-18-21(23(25)26)20-22(24)27-19-4-2/h16-17,21H,3-15,18-20H2,1-2H3,(H,25,26)/b17-16+. The molecule has 0 rings (SSSR count). The molecule has 0 aliphatic heterocycles. The number of rotatable bonds is 19. The Balaban J connectivity index is 3.60. The molecule has 0 spiro atoms. The molecular weight excluding hydrogens is 340 g/mol. The van der Waals surface area contributed by atoms with Crippen LogP contribution in [0.3, 0.4) is 0 Å². The highest BCUT2D eigenvalue weighted by Gasteiger charge is 2.20. The summed E-state index contributed by atoms with van der Waals surface area (Å²) >= 11 is 0. The van der Waals surface area contributed by atoms with Gasteiger partial charge in [-0.15, -0.1) is 0 Å². The van der Waals surface area contributed by atoms with Crippen molar-refractivity contribution in [1.29, 1.82) is 0 Å². The van der Waals surface area contributed by atoms with E-state index in [0.717, 1.165) is 19.3 Å². The van der Waals surface area contributed by atoms with Crippen molar-refractivity contribution < 1.29 is 19.4 Å². The minimum Gasteiger partial charge on any atom is -0.481 e. The lowest BCUT2D eigenvalue weighted by Crippen LogP contribution is -2.19. The zero-order chi connectivity index (χ0) is 20.2. The molecule has 4 nitrogen and oxygen atoms in total. The number of hydrogen-bond acceptors (Lipinski definition) is 3. The third-order valence-electron chi connectivity index (χ3n) is 4.79. The number of carboxylic acids is 1. The molecule has 0 aromatic heterocycles. The molecular formula is C23H42O4. The molecule has 0 fully saturated rings. The molecule has 4 heteroatoms. The molecule has 0 saturated carbocycles. The topological polar surface area (TPSA) is 63.6 Å². The second-order valence-electron chi connectivity index (χ2n) is 7.49. The first-order valence-electron chi connectivity index (χ1n) is 11.1. The van der Waals surface area contributed by atoms with Gasteiger partial charge in [-0.2, -0.15) is 0 Å². The van der Waals surface area contributed by atoms with Crippen molar-refractivity contribution in [3.63, 3.8) is 0 Å². The van der Waals surface area contributed by atoms with Crippen LogP contribution < -0.4 is 0 Å². The van der Waals surface area contributed by atoms with Crippen LogP contribution in [0.5, 0.6) is 0 Å². The Kier molecular flexibility index (Phi) is 18.5. The van der Waals surface area contributed by atoms with Crippen molar-refractivity contribution in [2.45, 2.75) is 110 Å². The first kappa shape index (κ1) is 25.7. The fourth-order valence-electron chi connectivity index (χ4n) is 3.05. The van der Waals surface area contributed by atoms with Crippen molar-refractivity contribution in [2.24, 2.45) is 5.92 Å². The second kappa shape index (κ2) is 19.4. The lowest BCUT2D eigenvalue weighted by atomic mass is 10.0. The second-order valence-corrected chi connectivity index (χ2v) is 7.49. The van der Waals surface area contributed by atoms with Gasteiger partial charge in [0.15, 0.2) is 0 Å². The van der Waals surface area contributed by atoms with Crippen LogP contribution in [-0.4, -0.2) is 23.7 Å². The molecule has 0 bridgehead atoms. The average Bonchev–Trinajstić information content (AvgIpc) is 2.65. The Morgan fingerprint density at radius 1 is 0.815 bits per heavy atom. The predicted octanol–water partition coefficient (Wildman–Crippen LogP) is 6.68. The summed E-state index contributed by atoms with van der Waals surface area (Å²) in [5, 5.41) is 9.21. The monoisotopic (exact) mass is 382 g/mol. The van der Waals surface area contributed by atoms with E-state index < -0.39 is 17.9 Å². The highest BCUT2D eigenvalue weighted by molar-refractivity contribution is 5.78. The number of hydrogen-bond donors (Lipinski definition) is 1. The largest absolute Gasteiger partial charge is 0.481 e. The minimum absolute atomic E-state index is 0.0435. The highest BCUT2D eigenvalue weighted by Crippen LogP contribution is 2.14. The summed E-state index contributed by atoms with van der Waals surface area (Å²) in [6.07, 6.45) is 20.7. The van der Waals surface area contributed by atoms with Crippen LogP contribution in [0.2, 0.25) is 0 Å². The van der Waals surface area contributed by atoms with E-state index in [0.29, 0.717) is 13.0 Å². The maximum absolute atomic E-state index is 11.6. The van der Waals surface area contributed by atoms with E-state index >= 15 is 0 Å². The molecule has 1 N–H and O–H groups in total. The van der Waals surface area contributed by atoms with Gasteiger partial charge in [0.2, 0.25) is 0 Å². The molecule has 1 unspecified atom stereocenters. The van der Waals surface area contributed by atoms with Gasteiger partial charge in [-0.1, -0.05) is 90.2 Å². The summed E-state index contributed by atoms with van der Waals surface area (Å²) in [5.41, 5.74) is 0. The number of ether oxygens (including phenoxy) is 1. The molecule has 0 heterocycles. The van der Waals surface area contributed by atoms with E-state index in [1.165, 1.54) is 64.2 Å². The van der Waals surface area contributed by atoms with Gasteiger partial charge >= 0.3 is 11.9 Å². The maximum Gasteiger partial charge on any atom is 0.307 e. The lowest BCUT2D eigenvalue weighted by Gasteiger charge is -2.09. The van der Waals surface area contributed by atoms with Crippen molar-refractivity contribution in [3.05, 3.63) is 12.2 Å². The summed E-state index contributed by atoms with van der Waals surface area (Å²) < 4.78 is 4.97. The number of unbranched alkanes of at least 4 members (excludes halogenated alkanes) is 11. The third-order valence-corrected chi connectivity index (χ3v) is 4.79. The normalized spacial score (nSPS) is 12.4. The summed E-state index contributed by atoms with van der Waals surface area (Å²) in [4.78, 5) is 22.8. The quantitative estimate of drug-likeness (QED) is 0.154. The predicted molar refractivity (Wildman–Crippen MR) is 112 cm³/mol. The summed E-state index contributed by atoms with van der Waals surface area (Å²) in [5.74, 6) is -2.02. The van der Waals surface area contributed by atoms with Crippen molar-refractivity contribution in [3.8, 4) is 0 Å². The molecule has 0 aromatic rings. The summed E-state index contributed by atoms with van der Waals surface area (Å²) in [6.45, 7) is 4.53. The van der Waals surface area contributed by atoms with E-state index in [1.54, 1.807) is 0 Å². The smallest absolute Gasteiger partial charge is 0.307 e. The zero-order valence-electron chi connectivity index (χ0n) is 17.7. The van der Waals surface area contributed by atoms with Crippen molar-refractivity contribution in [2.75, 3.05) is 6.61 Å². The third kappa shape index (κ3) is 17.8. The van der Waals surface area contributed by atoms with Crippen LogP contribution >= 0.6 is 0 Å². The van der Waals surface area contributed by atoms with E-state index in [2.05, 4.69) is 13.0 Å². The Morgan fingerprint density at radius 3 is 1.89 bits per heavy atom. The van der Waals surface area contributed by atoms with E-state index in [9.17, 15) is 14.7 Å². The van der Waals surface area contributed by atoms with Gasteiger partial charge in [0.05, 0.1) is 18.9 Å². The van der Waals surface area contributed by atoms with Gasteiger partial charge in [-0.05, 0) is 25.7 Å². The molecule has 0 aliphatic carbocycles. The molecule has 0 aromatic carbocycles. The highest BCUT2D eigenvalue weighted by atomic mass is 16.5. The van der Waals surface area contributed by atoms with Crippen molar-refractivity contribution in [1.82, 2.24) is 0 Å².